The molecule has 9 nitrogen and oxygen atoms in total. The number of hydrogen-bond acceptors (Lipinski definition) is 6. The molecule has 2 aromatic rings. The highest BCUT2D eigenvalue weighted by atomic mass is 32.2. The first kappa shape index (κ1) is 31.5. The first-order valence-electron chi connectivity index (χ1n) is 13.7. The highest BCUT2D eigenvalue weighted by molar-refractivity contribution is 7.88. The fraction of sp³-hybridized carbons (Fsp3) is 0.467. The molecule has 3 rings (SSSR count). The zero-order valence-electron chi connectivity index (χ0n) is 23.5. The van der Waals surface area contributed by atoms with Gasteiger partial charge in [0.1, 0.15) is 0 Å². The maximum Gasteiger partial charge on any atom is 0.247 e. The van der Waals surface area contributed by atoms with E-state index in [1.165, 1.54) is 0 Å². The van der Waals surface area contributed by atoms with Gasteiger partial charge in [0.25, 0.3) is 0 Å². The molecule has 2 N–H and O–H groups in total. The van der Waals surface area contributed by atoms with Gasteiger partial charge in [0.05, 0.1) is 24.6 Å². The SMILES string of the molecule is CC(C)C[C@@H](C(=O)NN(Cc1ccccc1)S(C)(=O)=O)[C@H](CC=Cc1ccccc1)C(=O)NOC1CCCCO1. The Hall–Kier alpha value is -3.05. The molecule has 1 fully saturated rings. The molecule has 2 amide bonds. The summed E-state index contributed by atoms with van der Waals surface area (Å²) in [5, 5.41) is 0. The Bertz CT molecular complexity index is 1200. The number of carbonyl (C=O) groups is 2. The number of sulfonamides is 1. The summed E-state index contributed by atoms with van der Waals surface area (Å²) in [7, 11) is -3.80. The maximum absolute atomic E-state index is 13.7. The third kappa shape index (κ3) is 10.5. The minimum Gasteiger partial charge on any atom is -0.350 e. The first-order chi connectivity index (χ1) is 19.1. The molecule has 1 saturated heterocycles. The quantitative estimate of drug-likeness (QED) is 0.324. The van der Waals surface area contributed by atoms with E-state index in [-0.39, 0.29) is 18.9 Å². The molecule has 0 aromatic heterocycles. The minimum absolute atomic E-state index is 0.0350. The average molecular weight is 572 g/mol. The fourth-order valence-electron chi connectivity index (χ4n) is 4.53. The van der Waals surface area contributed by atoms with E-state index in [1.807, 2.05) is 62.4 Å². The van der Waals surface area contributed by atoms with E-state index in [9.17, 15) is 18.0 Å². The average Bonchev–Trinajstić information content (AvgIpc) is 2.94. The van der Waals surface area contributed by atoms with Crippen LogP contribution in [0.4, 0.5) is 0 Å². The number of ether oxygens (including phenoxy) is 1. The molecular weight excluding hydrogens is 530 g/mol. The number of amides is 2. The number of benzene rings is 2. The van der Waals surface area contributed by atoms with Crippen LogP contribution in [-0.4, -0.2) is 43.8 Å². The van der Waals surface area contributed by atoms with Crippen molar-refractivity contribution in [2.75, 3.05) is 12.9 Å². The van der Waals surface area contributed by atoms with Gasteiger partial charge in [-0.1, -0.05) is 86.7 Å². The molecule has 3 atom stereocenters. The van der Waals surface area contributed by atoms with E-state index in [0.717, 1.165) is 34.6 Å². The van der Waals surface area contributed by atoms with Crippen LogP contribution >= 0.6 is 0 Å². The summed E-state index contributed by atoms with van der Waals surface area (Å²) >= 11 is 0. The Morgan fingerprint density at radius 2 is 1.70 bits per heavy atom. The van der Waals surface area contributed by atoms with Gasteiger partial charge in [-0.3, -0.25) is 15.0 Å². The molecule has 0 bridgehead atoms. The highest BCUT2D eigenvalue weighted by Crippen LogP contribution is 2.26. The van der Waals surface area contributed by atoms with Crippen molar-refractivity contribution in [1.82, 2.24) is 15.3 Å². The lowest BCUT2D eigenvalue weighted by Crippen LogP contribution is -2.50. The lowest BCUT2D eigenvalue weighted by atomic mass is 9.82. The fourth-order valence-corrected chi connectivity index (χ4v) is 5.17. The lowest BCUT2D eigenvalue weighted by Gasteiger charge is -2.30. The monoisotopic (exact) mass is 571 g/mol. The molecule has 1 heterocycles. The van der Waals surface area contributed by atoms with Crippen molar-refractivity contribution in [3.05, 3.63) is 77.9 Å². The molecule has 1 aliphatic rings. The van der Waals surface area contributed by atoms with E-state index in [2.05, 4.69) is 10.9 Å². The van der Waals surface area contributed by atoms with Gasteiger partial charge in [-0.15, -0.1) is 4.41 Å². The van der Waals surface area contributed by atoms with Crippen molar-refractivity contribution in [2.24, 2.45) is 17.8 Å². The minimum atomic E-state index is -3.80. The van der Waals surface area contributed by atoms with E-state index < -0.39 is 40.0 Å². The predicted molar refractivity (Wildman–Crippen MR) is 154 cm³/mol. The Kier molecular flexibility index (Phi) is 12.3. The number of nitrogens with one attached hydrogen (secondary N) is 2. The summed E-state index contributed by atoms with van der Waals surface area (Å²) in [5.41, 5.74) is 6.80. The van der Waals surface area contributed by atoms with Crippen LogP contribution in [-0.2, 0) is 35.7 Å². The van der Waals surface area contributed by atoms with Crippen molar-refractivity contribution in [3.8, 4) is 0 Å². The zero-order chi connectivity index (χ0) is 29.0. The van der Waals surface area contributed by atoms with Crippen molar-refractivity contribution >= 4 is 27.9 Å². The Labute approximate surface area is 237 Å². The van der Waals surface area contributed by atoms with Gasteiger partial charge in [0, 0.05) is 13.0 Å². The first-order valence-corrected chi connectivity index (χ1v) is 15.6. The molecule has 218 valence electrons. The standard InChI is InChI=1S/C30H41N3O6S/c1-23(2)21-27(29(34)31-33(40(3,36)37)22-25-15-8-5-9-16-25)26(18-12-17-24-13-6-4-7-14-24)30(35)32-39-28-19-10-11-20-38-28/h4-9,12-17,23,26-28H,10-11,18-22H2,1-3H3,(H,31,34)(H,32,35)/t26-,27+,28?/m0/s1. The van der Waals surface area contributed by atoms with Crippen LogP contribution in [0.3, 0.4) is 0 Å². The Morgan fingerprint density at radius 1 is 1.02 bits per heavy atom. The molecule has 2 aromatic carbocycles. The van der Waals surface area contributed by atoms with Gasteiger partial charge < -0.3 is 4.74 Å². The predicted octanol–water partition coefficient (Wildman–Crippen LogP) is 4.44. The second kappa shape index (κ2) is 15.7. The number of nitrogens with zero attached hydrogens (tertiary/aromatic N) is 1. The van der Waals surface area contributed by atoms with Gasteiger partial charge in [-0.2, -0.15) is 0 Å². The Morgan fingerprint density at radius 3 is 2.30 bits per heavy atom. The molecule has 0 saturated carbocycles. The second-order valence-corrected chi connectivity index (χ2v) is 12.4. The smallest absolute Gasteiger partial charge is 0.247 e. The van der Waals surface area contributed by atoms with Crippen LogP contribution in [0.25, 0.3) is 6.08 Å². The molecule has 10 heteroatoms. The van der Waals surface area contributed by atoms with Crippen molar-refractivity contribution in [2.45, 2.75) is 58.8 Å². The van der Waals surface area contributed by atoms with Crippen molar-refractivity contribution in [1.29, 1.82) is 0 Å². The second-order valence-electron chi connectivity index (χ2n) is 10.5. The summed E-state index contributed by atoms with van der Waals surface area (Å²) in [4.78, 5) is 32.8. The van der Waals surface area contributed by atoms with Crippen LogP contribution in [0, 0.1) is 17.8 Å². The van der Waals surface area contributed by atoms with E-state index >= 15 is 0 Å². The van der Waals surface area contributed by atoms with Crippen molar-refractivity contribution in [3.63, 3.8) is 0 Å². The van der Waals surface area contributed by atoms with Crippen LogP contribution in [0.5, 0.6) is 0 Å². The van der Waals surface area contributed by atoms with Gasteiger partial charge in [0.2, 0.25) is 21.8 Å². The number of rotatable bonds is 14. The van der Waals surface area contributed by atoms with Gasteiger partial charge in [-0.05, 0) is 42.7 Å². The zero-order valence-corrected chi connectivity index (χ0v) is 24.3. The molecule has 1 aliphatic heterocycles. The van der Waals surface area contributed by atoms with Gasteiger partial charge in [0.15, 0.2) is 6.29 Å². The summed E-state index contributed by atoms with van der Waals surface area (Å²) < 4.78 is 31.7. The van der Waals surface area contributed by atoms with Crippen LogP contribution in [0.2, 0.25) is 0 Å². The topological polar surface area (TPSA) is 114 Å². The van der Waals surface area contributed by atoms with Crippen LogP contribution in [0.1, 0.15) is 57.1 Å². The third-order valence-corrected chi connectivity index (χ3v) is 7.64. The molecule has 0 aliphatic carbocycles. The third-order valence-electron chi connectivity index (χ3n) is 6.62. The Balaban J connectivity index is 1.83. The summed E-state index contributed by atoms with van der Waals surface area (Å²) in [6.07, 6.45) is 7.41. The van der Waals surface area contributed by atoms with Crippen LogP contribution < -0.4 is 10.9 Å². The van der Waals surface area contributed by atoms with E-state index in [1.54, 1.807) is 24.3 Å². The number of hydroxylamine groups is 1. The maximum atomic E-state index is 13.7. The highest BCUT2D eigenvalue weighted by Gasteiger charge is 2.36. The molecule has 0 spiro atoms. The molecule has 1 unspecified atom stereocenters. The molecule has 0 radical (unpaired) electrons. The van der Waals surface area contributed by atoms with E-state index in [4.69, 9.17) is 9.57 Å². The van der Waals surface area contributed by atoms with Crippen molar-refractivity contribution < 1.29 is 27.6 Å². The number of carbonyl (C=O) groups excluding carboxylic acids is 2. The normalized spacial score (nSPS) is 17.6. The van der Waals surface area contributed by atoms with Gasteiger partial charge >= 0.3 is 0 Å². The summed E-state index contributed by atoms with van der Waals surface area (Å²) in [6, 6.07) is 18.6. The molecular formula is C30H41N3O6S. The van der Waals surface area contributed by atoms with Crippen LogP contribution in [0.15, 0.2) is 66.7 Å². The lowest BCUT2D eigenvalue weighted by molar-refractivity contribution is -0.203. The summed E-state index contributed by atoms with van der Waals surface area (Å²) in [5.74, 6) is -2.58. The van der Waals surface area contributed by atoms with E-state index in [0.29, 0.717) is 19.4 Å². The summed E-state index contributed by atoms with van der Waals surface area (Å²) in [6.45, 7) is 4.44. The number of hydrogen-bond donors (Lipinski definition) is 2. The molecule has 40 heavy (non-hydrogen) atoms. The largest absolute Gasteiger partial charge is 0.350 e. The number of hydrazine groups is 1. The number of allylic oxidation sites excluding steroid dienone is 1. The van der Waals surface area contributed by atoms with Gasteiger partial charge in [-0.25, -0.2) is 18.7 Å².